The molecule has 1 spiro atoms. The number of rotatable bonds is 5. The molecule has 1 atom stereocenters. The molecular formula is C19H28N2O4. The summed E-state index contributed by atoms with van der Waals surface area (Å²) in [6, 6.07) is 5.91. The number of carbonyl (C=O) groups is 1. The third-order valence-electron chi connectivity index (χ3n) is 5.04. The summed E-state index contributed by atoms with van der Waals surface area (Å²) in [5, 5.41) is 6.05. The lowest BCUT2D eigenvalue weighted by Gasteiger charge is -2.37. The fourth-order valence-electron chi connectivity index (χ4n) is 3.64. The lowest BCUT2D eigenvalue weighted by Crippen LogP contribution is -2.54. The predicted molar refractivity (Wildman–Crippen MR) is 94.9 cm³/mol. The van der Waals surface area contributed by atoms with Crippen LogP contribution in [0, 0.1) is 6.92 Å². The van der Waals surface area contributed by atoms with Crippen LogP contribution in [0.15, 0.2) is 18.2 Å². The van der Waals surface area contributed by atoms with Gasteiger partial charge in [0.2, 0.25) is 0 Å². The summed E-state index contributed by atoms with van der Waals surface area (Å²) in [6.07, 6.45) is 2.52. The van der Waals surface area contributed by atoms with Crippen molar-refractivity contribution in [2.75, 3.05) is 26.4 Å². The molecule has 138 valence electrons. The van der Waals surface area contributed by atoms with E-state index in [0.29, 0.717) is 33.0 Å². The van der Waals surface area contributed by atoms with E-state index in [1.165, 1.54) is 0 Å². The van der Waals surface area contributed by atoms with Crippen molar-refractivity contribution in [2.45, 2.75) is 51.3 Å². The predicted octanol–water partition coefficient (Wildman–Crippen LogP) is 2.53. The van der Waals surface area contributed by atoms with Gasteiger partial charge in [0.05, 0.1) is 18.2 Å². The van der Waals surface area contributed by atoms with Gasteiger partial charge in [0, 0.05) is 44.8 Å². The second-order valence-corrected chi connectivity index (χ2v) is 6.74. The van der Waals surface area contributed by atoms with Crippen LogP contribution in [0.2, 0.25) is 0 Å². The number of nitrogens with one attached hydrogen (secondary N) is 2. The van der Waals surface area contributed by atoms with Crippen LogP contribution in [0.3, 0.4) is 0 Å². The van der Waals surface area contributed by atoms with E-state index in [0.717, 1.165) is 36.1 Å². The molecule has 2 fully saturated rings. The van der Waals surface area contributed by atoms with Crippen molar-refractivity contribution in [1.82, 2.24) is 10.6 Å². The van der Waals surface area contributed by atoms with Gasteiger partial charge in [0.1, 0.15) is 5.75 Å². The average Bonchev–Trinajstić information content (AvgIpc) is 2.97. The monoisotopic (exact) mass is 348 g/mol. The Labute approximate surface area is 149 Å². The van der Waals surface area contributed by atoms with E-state index in [1.807, 2.05) is 32.0 Å². The lowest BCUT2D eigenvalue weighted by molar-refractivity contribution is -0.0869. The third kappa shape index (κ3) is 4.25. The van der Waals surface area contributed by atoms with Gasteiger partial charge in [-0.15, -0.1) is 0 Å². The maximum atomic E-state index is 12.4. The van der Waals surface area contributed by atoms with Crippen LogP contribution in [0.5, 0.6) is 5.75 Å². The van der Waals surface area contributed by atoms with Crippen LogP contribution in [0.25, 0.3) is 0 Å². The fraction of sp³-hybridized carbons (Fsp3) is 0.632. The SMILES string of the molecule is CCOc1cc(C)ccc1CNC(=O)NC1CCOC12CCOCC2. The van der Waals surface area contributed by atoms with Crippen molar-refractivity contribution in [3.05, 3.63) is 29.3 Å². The quantitative estimate of drug-likeness (QED) is 0.858. The van der Waals surface area contributed by atoms with Crippen LogP contribution in [-0.4, -0.2) is 44.1 Å². The number of carbonyl (C=O) groups excluding carboxylic acids is 1. The highest BCUT2D eigenvalue weighted by Gasteiger charge is 2.46. The minimum atomic E-state index is -0.254. The van der Waals surface area contributed by atoms with Gasteiger partial charge in [0.15, 0.2) is 0 Å². The zero-order chi connectivity index (χ0) is 17.7. The Kier molecular flexibility index (Phi) is 5.81. The zero-order valence-electron chi connectivity index (χ0n) is 15.1. The molecule has 2 aliphatic heterocycles. The molecule has 0 saturated carbocycles. The Morgan fingerprint density at radius 1 is 1.32 bits per heavy atom. The molecule has 0 aliphatic carbocycles. The molecule has 1 unspecified atom stereocenters. The lowest BCUT2D eigenvalue weighted by atomic mass is 9.86. The molecule has 2 aliphatic rings. The van der Waals surface area contributed by atoms with Gasteiger partial charge in [-0.3, -0.25) is 0 Å². The highest BCUT2D eigenvalue weighted by Crippen LogP contribution is 2.35. The van der Waals surface area contributed by atoms with Crippen LogP contribution in [-0.2, 0) is 16.0 Å². The largest absolute Gasteiger partial charge is 0.494 e. The summed E-state index contributed by atoms with van der Waals surface area (Å²) in [6.45, 7) is 7.11. The Bertz CT molecular complexity index is 599. The highest BCUT2D eigenvalue weighted by molar-refractivity contribution is 5.74. The van der Waals surface area contributed by atoms with Crippen LogP contribution in [0.1, 0.15) is 37.3 Å². The average molecular weight is 348 g/mol. The summed E-state index contributed by atoms with van der Waals surface area (Å²) < 4.78 is 17.1. The molecule has 0 radical (unpaired) electrons. The van der Waals surface area contributed by atoms with Gasteiger partial charge >= 0.3 is 6.03 Å². The van der Waals surface area contributed by atoms with Crippen molar-refractivity contribution in [3.63, 3.8) is 0 Å². The first-order valence-corrected chi connectivity index (χ1v) is 9.11. The minimum Gasteiger partial charge on any atom is -0.494 e. The first kappa shape index (κ1) is 18.0. The summed E-state index contributed by atoms with van der Waals surface area (Å²) in [7, 11) is 0. The number of hydrogen-bond donors (Lipinski definition) is 2. The number of aryl methyl sites for hydroxylation is 1. The Morgan fingerprint density at radius 3 is 2.88 bits per heavy atom. The van der Waals surface area contributed by atoms with Gasteiger partial charge in [-0.1, -0.05) is 12.1 Å². The van der Waals surface area contributed by atoms with Crippen molar-refractivity contribution in [2.24, 2.45) is 0 Å². The highest BCUT2D eigenvalue weighted by atomic mass is 16.5. The molecule has 3 rings (SSSR count). The van der Waals surface area contributed by atoms with Gasteiger partial charge in [-0.05, 0) is 31.9 Å². The first-order valence-electron chi connectivity index (χ1n) is 9.11. The molecule has 2 saturated heterocycles. The van der Waals surface area contributed by atoms with E-state index >= 15 is 0 Å². The van der Waals surface area contributed by atoms with Crippen LogP contribution >= 0.6 is 0 Å². The Morgan fingerprint density at radius 2 is 2.12 bits per heavy atom. The molecule has 1 aromatic carbocycles. The van der Waals surface area contributed by atoms with E-state index in [-0.39, 0.29) is 17.7 Å². The van der Waals surface area contributed by atoms with Crippen molar-refractivity contribution in [3.8, 4) is 5.75 Å². The molecule has 2 amide bonds. The molecule has 2 N–H and O–H groups in total. The molecule has 6 nitrogen and oxygen atoms in total. The number of hydrogen-bond acceptors (Lipinski definition) is 4. The van der Waals surface area contributed by atoms with Gasteiger partial charge in [-0.25, -0.2) is 4.79 Å². The Balaban J connectivity index is 1.56. The van der Waals surface area contributed by atoms with E-state index in [9.17, 15) is 4.79 Å². The number of urea groups is 1. The molecule has 0 bridgehead atoms. The Hall–Kier alpha value is -1.79. The minimum absolute atomic E-state index is 0.0424. The third-order valence-corrected chi connectivity index (χ3v) is 5.04. The second-order valence-electron chi connectivity index (χ2n) is 6.74. The normalized spacial score (nSPS) is 21.9. The zero-order valence-corrected chi connectivity index (χ0v) is 15.1. The summed E-state index contributed by atoms with van der Waals surface area (Å²) in [5.41, 5.74) is 1.86. The molecule has 1 aromatic rings. The number of benzene rings is 1. The van der Waals surface area contributed by atoms with E-state index in [1.54, 1.807) is 0 Å². The number of amides is 2. The molecule has 2 heterocycles. The van der Waals surface area contributed by atoms with E-state index in [4.69, 9.17) is 14.2 Å². The van der Waals surface area contributed by atoms with Crippen molar-refractivity contribution < 1.29 is 19.0 Å². The van der Waals surface area contributed by atoms with E-state index < -0.39 is 0 Å². The smallest absolute Gasteiger partial charge is 0.315 e. The molecular weight excluding hydrogens is 320 g/mol. The summed E-state index contributed by atoms with van der Waals surface area (Å²) in [4.78, 5) is 12.4. The fourth-order valence-corrected chi connectivity index (χ4v) is 3.64. The first-order chi connectivity index (χ1) is 12.1. The molecule has 25 heavy (non-hydrogen) atoms. The maximum absolute atomic E-state index is 12.4. The standard InChI is InChI=1S/C19H28N2O4/c1-3-24-16-12-14(2)4-5-15(16)13-20-18(22)21-17-6-9-25-19(17)7-10-23-11-8-19/h4-5,12,17H,3,6-11,13H2,1-2H3,(H2,20,21,22). The number of ether oxygens (including phenoxy) is 3. The van der Waals surface area contributed by atoms with Crippen molar-refractivity contribution >= 4 is 6.03 Å². The maximum Gasteiger partial charge on any atom is 0.315 e. The molecule has 0 aromatic heterocycles. The molecule has 6 heteroatoms. The van der Waals surface area contributed by atoms with Crippen LogP contribution < -0.4 is 15.4 Å². The summed E-state index contributed by atoms with van der Waals surface area (Å²) >= 11 is 0. The van der Waals surface area contributed by atoms with Gasteiger partial charge < -0.3 is 24.8 Å². The van der Waals surface area contributed by atoms with Crippen molar-refractivity contribution in [1.29, 1.82) is 0 Å². The van der Waals surface area contributed by atoms with E-state index in [2.05, 4.69) is 10.6 Å². The second kappa shape index (κ2) is 8.06. The van der Waals surface area contributed by atoms with Gasteiger partial charge in [0.25, 0.3) is 0 Å². The van der Waals surface area contributed by atoms with Crippen LogP contribution in [0.4, 0.5) is 4.79 Å². The summed E-state index contributed by atoms with van der Waals surface area (Å²) in [5.74, 6) is 0.827. The topological polar surface area (TPSA) is 68.8 Å². The van der Waals surface area contributed by atoms with Gasteiger partial charge in [-0.2, -0.15) is 0 Å².